The largest absolute Gasteiger partial charge is 0.508 e. The Morgan fingerprint density at radius 2 is 1.85 bits per heavy atom. The Kier molecular flexibility index (Phi) is 8.48. The van der Waals surface area contributed by atoms with Gasteiger partial charge in [-0.05, 0) is 67.4 Å². The summed E-state index contributed by atoms with van der Waals surface area (Å²) in [7, 11) is 0. The van der Waals surface area contributed by atoms with Crippen LogP contribution in [0.2, 0.25) is 0 Å². The van der Waals surface area contributed by atoms with Crippen molar-refractivity contribution in [3.05, 3.63) is 53.6 Å². The average Bonchev–Trinajstić information content (AvgIpc) is 3.73. The molecule has 14 heteroatoms. The van der Waals surface area contributed by atoms with Gasteiger partial charge in [-0.3, -0.25) is 14.6 Å². The molecule has 0 saturated carbocycles. The maximum atomic E-state index is 17.0. The number of carbonyl (C=O) groups excluding carboxylic acids is 2. The van der Waals surface area contributed by atoms with Crippen molar-refractivity contribution in [2.75, 3.05) is 44.5 Å². The number of hydrogen-bond acceptors (Lipinski definition) is 10. The van der Waals surface area contributed by atoms with Crippen LogP contribution in [0.5, 0.6) is 11.8 Å². The maximum absolute atomic E-state index is 17.0. The second-order valence-corrected chi connectivity index (χ2v) is 14.0. The van der Waals surface area contributed by atoms with Crippen molar-refractivity contribution in [2.24, 2.45) is 0 Å². The Labute approximate surface area is 297 Å². The number of fused-ring (bicyclic) bond motifs is 5. The summed E-state index contributed by atoms with van der Waals surface area (Å²) in [6.45, 7) is 2.64. The highest BCUT2D eigenvalue weighted by Gasteiger charge is 2.50. The molecule has 0 aliphatic carbocycles. The van der Waals surface area contributed by atoms with Crippen molar-refractivity contribution >= 4 is 39.6 Å². The lowest BCUT2D eigenvalue weighted by molar-refractivity contribution is -0.149. The molecule has 1 N–H and O–H groups in total. The molecule has 4 atom stereocenters. The minimum Gasteiger partial charge on any atom is -0.508 e. The van der Waals surface area contributed by atoms with E-state index in [0.29, 0.717) is 55.5 Å². The van der Waals surface area contributed by atoms with Crippen molar-refractivity contribution < 1.29 is 42.1 Å². The Hall–Kier alpha value is -5.29. The SMILES string of the molecule is C#Cc1c(F)ccc2cc(O)cc(-c3ccc4c(N5CC6CCC(C5)N6C(=O)OCOC(C)=O)nc(OC[C@@]56CCCN5C[C@H](F)C6)nc4c3F)c12. The molecule has 3 aromatic carbocycles. The number of ether oxygens (including phenoxy) is 3. The highest BCUT2D eigenvalue weighted by molar-refractivity contribution is 6.04. The molecule has 11 nitrogen and oxygen atoms in total. The summed E-state index contributed by atoms with van der Waals surface area (Å²) in [4.78, 5) is 39.2. The normalized spacial score (nSPS) is 23.9. The Balaban J connectivity index is 1.20. The van der Waals surface area contributed by atoms with Crippen LogP contribution in [0.15, 0.2) is 36.4 Å². The van der Waals surface area contributed by atoms with E-state index in [9.17, 15) is 23.5 Å². The summed E-state index contributed by atoms with van der Waals surface area (Å²) >= 11 is 0. The summed E-state index contributed by atoms with van der Waals surface area (Å²) < 4.78 is 62.8. The first-order valence-corrected chi connectivity index (χ1v) is 17.3. The molecule has 4 aromatic rings. The highest BCUT2D eigenvalue weighted by atomic mass is 19.1. The van der Waals surface area contributed by atoms with Crippen LogP contribution in [-0.2, 0) is 14.3 Å². The Bertz CT molecular complexity index is 2150. The predicted octanol–water partition coefficient (Wildman–Crippen LogP) is 5.68. The standard InChI is InChI=1S/C38H36F3N5O6/c1-3-27-31(40)10-5-22-13-26(48)14-30(32(22)27)28-8-9-29-34(33(28)41)42-36(50-19-38-11-4-12-45(38)16-23(39)15-38)43-35(29)44-17-24-6-7-25(18-44)46(24)37(49)52-20-51-21(2)47/h1,5,8-10,13-14,23-25,48H,4,6-7,11-12,15-20H2,2H3/t23-,24?,25?,38+/m1/s1. The fraction of sp³-hybridized carbons (Fsp3) is 0.421. The minimum absolute atomic E-state index is 0.0307. The zero-order valence-electron chi connectivity index (χ0n) is 28.4. The van der Waals surface area contributed by atoms with Crippen molar-refractivity contribution in [1.82, 2.24) is 19.8 Å². The van der Waals surface area contributed by atoms with Crippen molar-refractivity contribution in [3.63, 3.8) is 0 Å². The average molecular weight is 716 g/mol. The van der Waals surface area contributed by atoms with E-state index < -0.39 is 42.2 Å². The monoisotopic (exact) mass is 715 g/mol. The molecule has 0 spiro atoms. The number of hydrogen-bond donors (Lipinski definition) is 1. The van der Waals surface area contributed by atoms with E-state index in [1.165, 1.54) is 37.3 Å². The number of benzene rings is 3. The predicted molar refractivity (Wildman–Crippen MR) is 185 cm³/mol. The van der Waals surface area contributed by atoms with E-state index in [1.807, 2.05) is 4.90 Å². The second kappa shape index (κ2) is 13.0. The van der Waals surface area contributed by atoms with E-state index in [2.05, 4.69) is 15.8 Å². The maximum Gasteiger partial charge on any atom is 0.413 e. The fourth-order valence-corrected chi connectivity index (χ4v) is 8.68. The van der Waals surface area contributed by atoms with Gasteiger partial charge in [0.25, 0.3) is 0 Å². The number of piperazine rings is 1. The Morgan fingerprint density at radius 1 is 1.06 bits per heavy atom. The number of phenols is 1. The highest BCUT2D eigenvalue weighted by Crippen LogP contribution is 2.43. The van der Waals surface area contributed by atoms with E-state index in [4.69, 9.17) is 25.6 Å². The van der Waals surface area contributed by atoms with Crippen molar-refractivity contribution in [2.45, 2.75) is 62.8 Å². The van der Waals surface area contributed by atoms with Gasteiger partial charge in [-0.2, -0.15) is 9.97 Å². The lowest BCUT2D eigenvalue weighted by Gasteiger charge is -2.41. The summed E-state index contributed by atoms with van der Waals surface area (Å²) in [6.07, 6.45) is 7.51. The molecule has 2 bridgehead atoms. The van der Waals surface area contributed by atoms with Gasteiger partial charge in [-0.15, -0.1) is 6.42 Å². The lowest BCUT2D eigenvalue weighted by Crippen LogP contribution is -2.56. The third-order valence-electron chi connectivity index (χ3n) is 10.9. The van der Waals surface area contributed by atoms with Crippen LogP contribution in [0.1, 0.15) is 44.6 Å². The minimum atomic E-state index is -0.973. The molecule has 52 heavy (non-hydrogen) atoms. The van der Waals surface area contributed by atoms with Crippen molar-refractivity contribution in [1.29, 1.82) is 0 Å². The summed E-state index contributed by atoms with van der Waals surface area (Å²) in [5.41, 5.74) is -0.431. The van der Waals surface area contributed by atoms with Gasteiger partial charge in [0.2, 0.25) is 6.79 Å². The summed E-state index contributed by atoms with van der Waals surface area (Å²) in [6, 6.07) is 8.02. The van der Waals surface area contributed by atoms with Crippen LogP contribution in [-0.4, -0.2) is 100 Å². The van der Waals surface area contributed by atoms with E-state index in [-0.39, 0.29) is 58.0 Å². The number of amides is 1. The zero-order valence-corrected chi connectivity index (χ0v) is 28.4. The van der Waals surface area contributed by atoms with Crippen LogP contribution in [0, 0.1) is 24.0 Å². The number of aromatic hydroxyl groups is 1. The van der Waals surface area contributed by atoms with E-state index in [0.717, 1.165) is 19.4 Å². The van der Waals surface area contributed by atoms with E-state index in [1.54, 1.807) is 11.0 Å². The third kappa shape index (κ3) is 5.77. The molecule has 1 aromatic heterocycles. The number of phenolic OH excluding ortho intramolecular Hbond substituents is 1. The first-order valence-electron chi connectivity index (χ1n) is 17.3. The molecule has 8 rings (SSSR count). The van der Waals surface area contributed by atoms with Gasteiger partial charge in [0, 0.05) is 49.3 Å². The van der Waals surface area contributed by atoms with Gasteiger partial charge >= 0.3 is 18.1 Å². The van der Waals surface area contributed by atoms with Gasteiger partial charge in [0.1, 0.15) is 35.7 Å². The van der Waals surface area contributed by atoms with E-state index >= 15 is 4.39 Å². The zero-order chi connectivity index (χ0) is 36.3. The number of aromatic nitrogens is 2. The second-order valence-electron chi connectivity index (χ2n) is 14.0. The summed E-state index contributed by atoms with van der Waals surface area (Å²) in [5.74, 6) is 0.619. The van der Waals surface area contributed by atoms with Crippen LogP contribution in [0.4, 0.5) is 23.8 Å². The van der Waals surface area contributed by atoms with Gasteiger partial charge in [-0.25, -0.2) is 18.0 Å². The van der Waals surface area contributed by atoms with Crippen molar-refractivity contribution in [3.8, 4) is 35.2 Å². The van der Waals surface area contributed by atoms with Gasteiger partial charge in [0.15, 0.2) is 5.82 Å². The number of anilines is 1. The third-order valence-corrected chi connectivity index (χ3v) is 10.9. The van der Waals surface area contributed by atoms with Gasteiger partial charge < -0.3 is 24.2 Å². The number of halogens is 3. The molecule has 2 unspecified atom stereocenters. The van der Waals surface area contributed by atoms with Crippen LogP contribution in [0.25, 0.3) is 32.8 Å². The molecule has 4 fully saturated rings. The smallest absolute Gasteiger partial charge is 0.413 e. The first kappa shape index (κ1) is 33.8. The molecule has 4 aliphatic rings. The topological polar surface area (TPSA) is 118 Å². The Morgan fingerprint density at radius 3 is 2.60 bits per heavy atom. The molecule has 5 heterocycles. The number of nitrogens with zero attached hydrogens (tertiary/aromatic N) is 5. The quantitative estimate of drug-likeness (QED) is 0.146. The molecular weight excluding hydrogens is 679 g/mol. The van der Waals surface area contributed by atoms with Crippen LogP contribution < -0.4 is 9.64 Å². The number of esters is 1. The molecule has 0 radical (unpaired) electrons. The lowest BCUT2D eigenvalue weighted by atomic mass is 9.93. The molecule has 1 amide bonds. The number of carbonyl (C=O) groups is 2. The van der Waals surface area contributed by atoms with Crippen LogP contribution in [0.3, 0.4) is 0 Å². The fourth-order valence-electron chi connectivity index (χ4n) is 8.68. The summed E-state index contributed by atoms with van der Waals surface area (Å²) in [5, 5.41) is 11.7. The molecule has 4 saturated heterocycles. The molecule has 4 aliphatic heterocycles. The first-order chi connectivity index (χ1) is 25.0. The van der Waals surface area contributed by atoms with Gasteiger partial charge in [-0.1, -0.05) is 18.1 Å². The van der Waals surface area contributed by atoms with Gasteiger partial charge in [0.05, 0.1) is 23.2 Å². The number of alkyl halides is 1. The number of rotatable bonds is 7. The molecule has 270 valence electrons. The number of terminal acetylenes is 1. The molecular formula is C38H36F3N5O6. The van der Waals surface area contributed by atoms with Crippen LogP contribution >= 0.6 is 0 Å².